The van der Waals surface area contributed by atoms with Crippen molar-refractivity contribution in [2.45, 2.75) is 32.2 Å². The Morgan fingerprint density at radius 3 is 2.55 bits per heavy atom. The van der Waals surface area contributed by atoms with Gasteiger partial charge >= 0.3 is 0 Å². The van der Waals surface area contributed by atoms with E-state index in [2.05, 4.69) is 21.9 Å². The van der Waals surface area contributed by atoms with E-state index in [0.29, 0.717) is 38.2 Å². The third-order valence-corrected chi connectivity index (χ3v) is 6.22. The van der Waals surface area contributed by atoms with E-state index in [-0.39, 0.29) is 5.92 Å². The molecule has 2 heterocycles. The van der Waals surface area contributed by atoms with Crippen molar-refractivity contribution in [3.63, 3.8) is 0 Å². The van der Waals surface area contributed by atoms with Crippen LogP contribution >= 0.6 is 0 Å². The number of benzene rings is 1. The molecule has 0 saturated carbocycles. The van der Waals surface area contributed by atoms with Gasteiger partial charge in [0.1, 0.15) is 5.75 Å². The fourth-order valence-corrected chi connectivity index (χ4v) is 4.41. The van der Waals surface area contributed by atoms with Gasteiger partial charge in [-0.15, -0.1) is 0 Å². The van der Waals surface area contributed by atoms with E-state index in [4.69, 9.17) is 14.2 Å². The molecule has 1 aromatic carbocycles. The zero-order valence-corrected chi connectivity index (χ0v) is 18.0. The van der Waals surface area contributed by atoms with Gasteiger partial charge in [-0.1, -0.05) is 18.2 Å². The SMILES string of the molecule is COCCN(CC1CCN(Cc2ccccc2OC)CC1)C(=O)C1CCOCC1. The molecule has 0 N–H and O–H groups in total. The molecule has 29 heavy (non-hydrogen) atoms. The maximum absolute atomic E-state index is 13.0. The molecule has 0 bridgehead atoms. The monoisotopic (exact) mass is 404 g/mol. The van der Waals surface area contributed by atoms with Crippen molar-refractivity contribution in [1.29, 1.82) is 0 Å². The number of carbonyl (C=O) groups is 1. The molecule has 0 unspecified atom stereocenters. The van der Waals surface area contributed by atoms with Gasteiger partial charge in [0.2, 0.25) is 5.91 Å². The first-order valence-electron chi connectivity index (χ1n) is 10.9. The smallest absolute Gasteiger partial charge is 0.225 e. The van der Waals surface area contributed by atoms with Gasteiger partial charge in [0.05, 0.1) is 13.7 Å². The number of likely N-dealkylation sites (tertiary alicyclic amines) is 1. The second kappa shape index (κ2) is 11.5. The van der Waals surface area contributed by atoms with Crippen LogP contribution in [0.25, 0.3) is 0 Å². The van der Waals surface area contributed by atoms with Crippen molar-refractivity contribution in [3.8, 4) is 5.75 Å². The summed E-state index contributed by atoms with van der Waals surface area (Å²) in [6.07, 6.45) is 3.94. The third kappa shape index (κ3) is 6.43. The van der Waals surface area contributed by atoms with Gasteiger partial charge < -0.3 is 19.1 Å². The Balaban J connectivity index is 1.50. The van der Waals surface area contributed by atoms with Gasteiger partial charge in [-0.25, -0.2) is 0 Å². The number of rotatable bonds is 9. The Bertz CT molecular complexity index is 625. The lowest BCUT2D eigenvalue weighted by Crippen LogP contribution is -2.45. The predicted molar refractivity (Wildman–Crippen MR) is 113 cm³/mol. The number of methoxy groups -OCH3 is 2. The fraction of sp³-hybridized carbons (Fsp3) is 0.696. The molecule has 0 atom stereocenters. The van der Waals surface area contributed by atoms with E-state index in [1.165, 1.54) is 5.56 Å². The molecule has 6 nitrogen and oxygen atoms in total. The van der Waals surface area contributed by atoms with Gasteiger partial charge in [0.25, 0.3) is 0 Å². The molecular weight excluding hydrogens is 368 g/mol. The van der Waals surface area contributed by atoms with Crippen LogP contribution in [0.3, 0.4) is 0 Å². The van der Waals surface area contributed by atoms with Crippen LogP contribution < -0.4 is 4.74 Å². The lowest BCUT2D eigenvalue weighted by molar-refractivity contribution is -0.140. The van der Waals surface area contributed by atoms with Crippen LogP contribution in [0.4, 0.5) is 0 Å². The van der Waals surface area contributed by atoms with Crippen LogP contribution in [-0.4, -0.2) is 75.9 Å². The lowest BCUT2D eigenvalue weighted by Gasteiger charge is -2.36. The van der Waals surface area contributed by atoms with Crippen molar-refractivity contribution >= 4 is 5.91 Å². The molecule has 3 rings (SSSR count). The van der Waals surface area contributed by atoms with Gasteiger partial charge in [-0.05, 0) is 50.8 Å². The molecule has 0 aliphatic carbocycles. The van der Waals surface area contributed by atoms with E-state index < -0.39 is 0 Å². The first-order valence-corrected chi connectivity index (χ1v) is 10.9. The topological polar surface area (TPSA) is 51.2 Å². The summed E-state index contributed by atoms with van der Waals surface area (Å²) >= 11 is 0. The Hall–Kier alpha value is -1.63. The number of para-hydroxylation sites is 1. The van der Waals surface area contributed by atoms with E-state index in [9.17, 15) is 4.79 Å². The highest BCUT2D eigenvalue weighted by molar-refractivity contribution is 5.79. The summed E-state index contributed by atoms with van der Waals surface area (Å²) in [5, 5.41) is 0. The van der Waals surface area contributed by atoms with Crippen molar-refractivity contribution in [1.82, 2.24) is 9.80 Å². The molecule has 2 fully saturated rings. The largest absolute Gasteiger partial charge is 0.496 e. The van der Waals surface area contributed by atoms with E-state index >= 15 is 0 Å². The average molecular weight is 405 g/mol. The Morgan fingerprint density at radius 2 is 1.86 bits per heavy atom. The molecule has 2 aliphatic heterocycles. The molecule has 2 saturated heterocycles. The number of carbonyl (C=O) groups excluding carboxylic acids is 1. The first kappa shape index (κ1) is 22.1. The minimum atomic E-state index is 0.117. The molecule has 2 aliphatic rings. The summed E-state index contributed by atoms with van der Waals surface area (Å²) < 4.78 is 16.2. The normalized spacial score (nSPS) is 19.2. The summed E-state index contributed by atoms with van der Waals surface area (Å²) in [4.78, 5) is 17.6. The first-order chi connectivity index (χ1) is 14.2. The molecule has 6 heteroatoms. The summed E-state index contributed by atoms with van der Waals surface area (Å²) in [5.74, 6) is 1.93. The number of nitrogens with zero attached hydrogens (tertiary/aromatic N) is 2. The second-order valence-electron chi connectivity index (χ2n) is 8.20. The quantitative estimate of drug-likeness (QED) is 0.634. The minimum absolute atomic E-state index is 0.117. The van der Waals surface area contributed by atoms with Gasteiger partial charge in [-0.3, -0.25) is 9.69 Å². The lowest BCUT2D eigenvalue weighted by atomic mass is 9.93. The van der Waals surface area contributed by atoms with Crippen LogP contribution in [0.5, 0.6) is 5.75 Å². The zero-order valence-electron chi connectivity index (χ0n) is 18.0. The van der Waals surface area contributed by atoms with E-state index in [1.807, 2.05) is 12.1 Å². The number of amides is 1. The third-order valence-electron chi connectivity index (χ3n) is 6.22. The second-order valence-corrected chi connectivity index (χ2v) is 8.20. The summed E-state index contributed by atoms with van der Waals surface area (Å²) in [6, 6.07) is 8.25. The Labute approximate surface area is 175 Å². The zero-order chi connectivity index (χ0) is 20.5. The van der Waals surface area contributed by atoms with Crippen molar-refractivity contribution < 1.29 is 19.0 Å². The van der Waals surface area contributed by atoms with Crippen LogP contribution in [0, 0.1) is 11.8 Å². The summed E-state index contributed by atoms with van der Waals surface area (Å²) in [7, 11) is 3.43. The summed E-state index contributed by atoms with van der Waals surface area (Å²) in [6.45, 7) is 6.59. The molecule has 0 radical (unpaired) electrons. The maximum Gasteiger partial charge on any atom is 0.225 e. The highest BCUT2D eigenvalue weighted by atomic mass is 16.5. The maximum atomic E-state index is 13.0. The predicted octanol–water partition coefficient (Wildman–Crippen LogP) is 2.81. The number of ether oxygens (including phenoxy) is 3. The molecule has 0 spiro atoms. The minimum Gasteiger partial charge on any atom is -0.496 e. The van der Waals surface area contributed by atoms with Gasteiger partial charge in [0, 0.05) is 51.4 Å². The highest BCUT2D eigenvalue weighted by Gasteiger charge is 2.29. The standard InChI is InChI=1S/C23H36N2O4/c1-27-16-13-25(23(26)20-9-14-29-15-10-20)17-19-7-11-24(12-8-19)18-21-5-3-4-6-22(21)28-2/h3-6,19-20H,7-18H2,1-2H3. The fourth-order valence-electron chi connectivity index (χ4n) is 4.41. The Morgan fingerprint density at radius 1 is 1.14 bits per heavy atom. The molecule has 0 aromatic heterocycles. The summed E-state index contributed by atoms with van der Waals surface area (Å²) in [5.41, 5.74) is 1.24. The molecule has 162 valence electrons. The number of piperidine rings is 1. The van der Waals surface area contributed by atoms with E-state index in [1.54, 1.807) is 14.2 Å². The van der Waals surface area contributed by atoms with Crippen LogP contribution in [0.15, 0.2) is 24.3 Å². The average Bonchev–Trinajstić information content (AvgIpc) is 2.78. The van der Waals surface area contributed by atoms with Gasteiger partial charge in [0.15, 0.2) is 0 Å². The van der Waals surface area contributed by atoms with Gasteiger partial charge in [-0.2, -0.15) is 0 Å². The number of hydrogen-bond donors (Lipinski definition) is 0. The van der Waals surface area contributed by atoms with Crippen molar-refractivity contribution in [3.05, 3.63) is 29.8 Å². The molecular formula is C23H36N2O4. The number of hydrogen-bond acceptors (Lipinski definition) is 5. The van der Waals surface area contributed by atoms with Crippen LogP contribution in [0.2, 0.25) is 0 Å². The van der Waals surface area contributed by atoms with Crippen LogP contribution in [0.1, 0.15) is 31.2 Å². The van der Waals surface area contributed by atoms with E-state index in [0.717, 1.165) is 57.6 Å². The van der Waals surface area contributed by atoms with Crippen molar-refractivity contribution in [2.24, 2.45) is 11.8 Å². The molecule has 1 aromatic rings. The van der Waals surface area contributed by atoms with Crippen LogP contribution in [-0.2, 0) is 20.8 Å². The highest BCUT2D eigenvalue weighted by Crippen LogP contribution is 2.25. The van der Waals surface area contributed by atoms with Crippen molar-refractivity contribution in [2.75, 3.05) is 60.2 Å². The molecule has 1 amide bonds. The Kier molecular flexibility index (Phi) is 8.77.